The van der Waals surface area contributed by atoms with Crippen molar-refractivity contribution in [2.24, 2.45) is 0 Å². The number of hydrogen-bond acceptors (Lipinski definition) is 17. The average Bonchev–Trinajstić information content (AvgIpc) is 1.63. The summed E-state index contributed by atoms with van der Waals surface area (Å²) in [6, 6.07) is 17.6. The molecule has 6 aliphatic heterocycles. The molecule has 7 amide bonds. The molecule has 25 nitrogen and oxygen atoms in total. The van der Waals surface area contributed by atoms with E-state index in [1.54, 1.807) is 35.5 Å². The number of rotatable bonds is 20. The predicted octanol–water partition coefficient (Wildman–Crippen LogP) is 4.42. The van der Waals surface area contributed by atoms with Gasteiger partial charge in [0.15, 0.2) is 17.3 Å². The summed E-state index contributed by atoms with van der Waals surface area (Å²) in [5.41, 5.74) is 1.26. The normalized spacial score (nSPS) is 21.4. The third-order valence-electron chi connectivity index (χ3n) is 17.6. The number of aliphatic hydroxyl groups is 1. The van der Waals surface area contributed by atoms with Gasteiger partial charge in [0, 0.05) is 136 Å². The summed E-state index contributed by atoms with van der Waals surface area (Å²) in [4.78, 5) is 158. The molecule has 0 spiro atoms. The first-order valence-electron chi connectivity index (χ1n) is 31.5. The molecule has 6 heterocycles. The molecule has 3 unspecified atom stereocenters. The Morgan fingerprint density at radius 2 is 0.809 bits per heavy atom. The Kier molecular flexibility index (Phi) is 25.1. The van der Waals surface area contributed by atoms with Crippen molar-refractivity contribution >= 4 is 123 Å². The molecule has 3 atom stereocenters. The van der Waals surface area contributed by atoms with E-state index in [4.69, 9.17) is 49.8 Å². The van der Waals surface area contributed by atoms with Crippen molar-refractivity contribution in [1.82, 2.24) is 36.0 Å². The number of Topliss-reactive ketones (excluding diaryl/α,β-unsaturated/α-hetero) is 3. The zero-order valence-corrected chi connectivity index (χ0v) is 56.4. The Labute approximate surface area is 561 Å². The van der Waals surface area contributed by atoms with Gasteiger partial charge in [-0.15, -0.1) is 0 Å². The molecular weight excluding hydrogens is 1280 g/mol. The van der Waals surface area contributed by atoms with Crippen LogP contribution in [0.3, 0.4) is 0 Å². The maximum atomic E-state index is 12.9. The zero-order valence-electron chi connectivity index (χ0n) is 54.1. The number of ketones is 3. The zero-order chi connectivity index (χ0) is 68.9. The summed E-state index contributed by atoms with van der Waals surface area (Å²) < 4.78 is 5.35. The minimum atomic E-state index is -1.47. The van der Waals surface area contributed by atoms with Crippen LogP contribution in [0.5, 0.6) is 0 Å². The van der Waals surface area contributed by atoms with Gasteiger partial charge in [-0.05, 0) is 132 Å². The third-order valence-corrected chi connectivity index (χ3v) is 18.9. The minimum Gasteiger partial charge on any atom is -0.481 e. The van der Waals surface area contributed by atoms with Crippen LogP contribution in [0.15, 0.2) is 54.6 Å². The molecular formula is C66H85Cl3N10O15. The number of nitrogens with zero attached hydrogens (tertiary/aromatic N) is 6. The predicted molar refractivity (Wildman–Crippen MR) is 352 cm³/mol. The van der Waals surface area contributed by atoms with Crippen molar-refractivity contribution in [3.63, 3.8) is 0 Å². The molecule has 6 fully saturated rings. The quantitative estimate of drug-likeness (QED) is 0.0674. The van der Waals surface area contributed by atoms with Crippen LogP contribution in [0.2, 0.25) is 15.1 Å². The number of anilines is 3. The standard InChI is InChI=1S/C24H32ClN3O5.C22H29ClN4O5.C20H24ClN3O5/c1-16-13-17(5-6-18(16)25)27-9-11-28(12-10-27)21(31)7-8-24(19(29)14-20(30)26-24)15-22(32)33-23(2,3)4;1-15-12-16(2-3-17(15)23)26-7-9-27(10-8-26)21(32)4-5-22(14-20(31)24-6-11-28)18(29)13-19(30)25-22;1-13-10-14(2-3-15(13)21)23-6-8-24(9-7-23)18(27)4-5-20(12-19(28)29)16(25)11-17(26)22-20/h5-6,13H,7-12,14-15H2,1-4H3,(H,26,30);2-3,12,28H,4-11,13-14H2,1H3,(H,24,31)(H,25,30);2-3,10H,4-9,11-12H2,1H3,(H,22,26)(H,28,29). The molecule has 0 aliphatic carbocycles. The topological polar surface area (TPSA) is 322 Å². The van der Waals surface area contributed by atoms with Gasteiger partial charge in [0.25, 0.3) is 0 Å². The summed E-state index contributed by atoms with van der Waals surface area (Å²) in [5, 5.41) is 30.4. The van der Waals surface area contributed by atoms with E-state index < -0.39 is 70.0 Å². The molecule has 6 aliphatic rings. The number of carboxylic acids is 1. The lowest BCUT2D eigenvalue weighted by atomic mass is 9.86. The molecule has 6 saturated heterocycles. The number of amides is 7. The van der Waals surface area contributed by atoms with Crippen LogP contribution in [-0.4, -0.2) is 209 Å². The Balaban J connectivity index is 0.000000200. The molecule has 6 N–H and O–H groups in total. The van der Waals surface area contributed by atoms with Crippen LogP contribution in [0.1, 0.15) is 115 Å². The molecule has 510 valence electrons. The number of halogens is 3. The first-order chi connectivity index (χ1) is 44.3. The molecule has 28 heteroatoms. The molecule has 3 aromatic carbocycles. The lowest BCUT2D eigenvalue weighted by Gasteiger charge is -2.37. The fourth-order valence-electron chi connectivity index (χ4n) is 12.4. The van der Waals surface area contributed by atoms with Gasteiger partial charge in [-0.3, -0.25) is 57.5 Å². The van der Waals surface area contributed by atoms with E-state index in [0.717, 1.165) is 43.8 Å². The highest BCUT2D eigenvalue weighted by molar-refractivity contribution is 6.32. The largest absolute Gasteiger partial charge is 0.481 e. The van der Waals surface area contributed by atoms with Gasteiger partial charge in [-0.25, -0.2) is 0 Å². The van der Waals surface area contributed by atoms with E-state index in [9.17, 15) is 57.5 Å². The second-order valence-electron chi connectivity index (χ2n) is 25.7. The van der Waals surface area contributed by atoms with E-state index in [0.29, 0.717) is 83.6 Å². The van der Waals surface area contributed by atoms with E-state index in [1.807, 2.05) is 75.4 Å². The first-order valence-corrected chi connectivity index (χ1v) is 32.7. The molecule has 0 bridgehead atoms. The fourth-order valence-corrected chi connectivity index (χ4v) is 12.7. The van der Waals surface area contributed by atoms with Gasteiger partial charge >= 0.3 is 11.9 Å². The van der Waals surface area contributed by atoms with Crippen molar-refractivity contribution in [2.45, 2.75) is 141 Å². The van der Waals surface area contributed by atoms with Crippen LogP contribution in [0.4, 0.5) is 17.1 Å². The molecule has 0 aromatic heterocycles. The number of piperazine rings is 3. The molecule has 9 rings (SSSR count). The van der Waals surface area contributed by atoms with Crippen LogP contribution in [0.25, 0.3) is 0 Å². The van der Waals surface area contributed by atoms with E-state index in [1.165, 1.54) is 0 Å². The van der Waals surface area contributed by atoms with Gasteiger partial charge in [-0.2, -0.15) is 0 Å². The number of esters is 1. The van der Waals surface area contributed by atoms with Crippen molar-refractivity contribution in [2.75, 3.05) is 106 Å². The van der Waals surface area contributed by atoms with E-state index in [2.05, 4.69) is 36.0 Å². The van der Waals surface area contributed by atoms with Crippen molar-refractivity contribution < 1.29 is 72.5 Å². The number of hydrogen-bond donors (Lipinski definition) is 6. The number of benzene rings is 3. The van der Waals surface area contributed by atoms with Crippen LogP contribution in [0, 0.1) is 20.8 Å². The lowest BCUT2D eigenvalue weighted by molar-refractivity contribution is -0.158. The maximum Gasteiger partial charge on any atom is 0.309 e. The summed E-state index contributed by atoms with van der Waals surface area (Å²) in [6.45, 7) is 18.2. The number of aliphatic carboxylic acids is 1. The highest BCUT2D eigenvalue weighted by Crippen LogP contribution is 2.32. The summed E-state index contributed by atoms with van der Waals surface area (Å²) in [5.74, 6) is -5.11. The van der Waals surface area contributed by atoms with Gasteiger partial charge in [0.05, 0.1) is 45.1 Å². The van der Waals surface area contributed by atoms with E-state index in [-0.39, 0.29) is 113 Å². The molecule has 3 aromatic rings. The van der Waals surface area contributed by atoms with Crippen LogP contribution < -0.4 is 36.0 Å². The van der Waals surface area contributed by atoms with E-state index >= 15 is 0 Å². The Morgan fingerprint density at radius 1 is 0.500 bits per heavy atom. The summed E-state index contributed by atoms with van der Waals surface area (Å²) in [6.07, 6.45) is -1.65. The maximum absolute atomic E-state index is 12.9. The third kappa shape index (κ3) is 19.6. The van der Waals surface area contributed by atoms with Crippen LogP contribution in [-0.2, 0) is 62.3 Å². The molecule has 94 heavy (non-hydrogen) atoms. The molecule has 0 radical (unpaired) electrons. The lowest BCUT2D eigenvalue weighted by Crippen LogP contribution is -2.52. The Bertz CT molecular complexity index is 3400. The summed E-state index contributed by atoms with van der Waals surface area (Å²) in [7, 11) is 0. The van der Waals surface area contributed by atoms with Crippen molar-refractivity contribution in [1.29, 1.82) is 0 Å². The number of ether oxygens (including phenoxy) is 1. The van der Waals surface area contributed by atoms with Crippen molar-refractivity contribution in [3.8, 4) is 0 Å². The number of carbonyl (C=O) groups is 12. The average molecular weight is 1360 g/mol. The number of carboxylic acid groups (broad SMARTS) is 1. The second kappa shape index (κ2) is 32.0. The van der Waals surface area contributed by atoms with Gasteiger partial charge in [-0.1, -0.05) is 34.8 Å². The number of carbonyl (C=O) groups excluding carboxylic acids is 11. The number of aliphatic hydroxyl groups excluding tert-OH is 1. The van der Waals surface area contributed by atoms with Gasteiger partial charge in [0.1, 0.15) is 22.2 Å². The number of nitrogens with one attached hydrogen (secondary N) is 4. The monoisotopic (exact) mass is 1360 g/mol. The van der Waals surface area contributed by atoms with Gasteiger partial charge < -0.3 is 65.6 Å². The highest BCUT2D eigenvalue weighted by atomic mass is 35.5. The second-order valence-corrected chi connectivity index (χ2v) is 26.9. The SMILES string of the molecule is Cc1cc(N2CCN(C(=O)CCC3(CC(=O)NCCO)NC(=O)CC3=O)CC2)ccc1Cl.Cc1cc(N2CCN(C(=O)CCC3(CC(=O)O)NC(=O)CC3=O)CC2)ccc1Cl.Cc1cc(N2CCN(C(=O)CCC3(CC(=O)OC(C)(C)C)NC(=O)CC3=O)CC2)ccc1Cl. The smallest absolute Gasteiger partial charge is 0.309 e. The Morgan fingerprint density at radius 3 is 1.07 bits per heavy atom. The fraction of sp³-hybridized carbons (Fsp3) is 0.545. The Hall–Kier alpha value is -7.87. The van der Waals surface area contributed by atoms with Gasteiger partial charge in [0.2, 0.25) is 41.4 Å². The van der Waals surface area contributed by atoms with Crippen molar-refractivity contribution in [3.05, 3.63) is 86.4 Å². The summed E-state index contributed by atoms with van der Waals surface area (Å²) >= 11 is 18.3. The minimum absolute atomic E-state index is 0.000694. The highest BCUT2D eigenvalue weighted by Gasteiger charge is 2.50. The first kappa shape index (κ1) is 73.5. The van der Waals surface area contributed by atoms with Crippen LogP contribution >= 0.6 is 34.8 Å². The number of aryl methyl sites for hydroxylation is 3. The molecule has 0 saturated carbocycles.